The molecule has 0 spiro atoms. The van der Waals surface area contributed by atoms with E-state index in [1.807, 2.05) is 18.2 Å². The van der Waals surface area contributed by atoms with Gasteiger partial charge in [-0.1, -0.05) is 42.5 Å². The summed E-state index contributed by atoms with van der Waals surface area (Å²) in [5.74, 6) is -1.66. The zero-order valence-electron chi connectivity index (χ0n) is 9.51. The smallest absolute Gasteiger partial charge is 0.325 e. The molecule has 0 fully saturated rings. The average Bonchev–Trinajstić information content (AvgIpc) is 2.38. The van der Waals surface area contributed by atoms with E-state index in [-0.39, 0.29) is 5.56 Å². The Labute approximate surface area is 104 Å². The van der Waals surface area contributed by atoms with Crippen molar-refractivity contribution in [2.45, 2.75) is 6.04 Å². The monoisotopic (exact) mass is 245 g/mol. The summed E-state index contributed by atoms with van der Waals surface area (Å²) in [6.07, 6.45) is 0. The van der Waals surface area contributed by atoms with Crippen LogP contribution in [0.4, 0.5) is 4.39 Å². The number of benzene rings is 2. The van der Waals surface area contributed by atoms with Gasteiger partial charge in [0, 0.05) is 5.56 Å². The highest BCUT2D eigenvalue weighted by Crippen LogP contribution is 2.25. The first-order chi connectivity index (χ1) is 8.59. The maximum atomic E-state index is 13.9. The number of hydrogen-bond acceptors (Lipinski definition) is 2. The SMILES string of the molecule is NC(C(=O)O)c1ccc(-c2ccccc2)c(F)c1. The molecule has 0 radical (unpaired) electrons. The van der Waals surface area contributed by atoms with E-state index in [2.05, 4.69) is 0 Å². The van der Waals surface area contributed by atoms with Crippen molar-refractivity contribution in [3.8, 4) is 11.1 Å². The van der Waals surface area contributed by atoms with Crippen LogP contribution in [0.15, 0.2) is 48.5 Å². The molecule has 0 heterocycles. The second kappa shape index (κ2) is 4.98. The number of hydrogen-bond donors (Lipinski definition) is 2. The lowest BCUT2D eigenvalue weighted by atomic mass is 10.0. The van der Waals surface area contributed by atoms with Crippen LogP contribution in [0.5, 0.6) is 0 Å². The molecule has 0 amide bonds. The summed E-state index contributed by atoms with van der Waals surface area (Å²) in [4.78, 5) is 10.7. The van der Waals surface area contributed by atoms with Gasteiger partial charge in [-0.15, -0.1) is 0 Å². The van der Waals surface area contributed by atoms with E-state index in [1.54, 1.807) is 18.2 Å². The zero-order chi connectivity index (χ0) is 13.1. The molecule has 2 aromatic rings. The van der Waals surface area contributed by atoms with Crippen molar-refractivity contribution in [1.82, 2.24) is 0 Å². The molecule has 1 unspecified atom stereocenters. The summed E-state index contributed by atoms with van der Waals surface area (Å²) in [6.45, 7) is 0. The van der Waals surface area contributed by atoms with Crippen molar-refractivity contribution in [2.24, 2.45) is 5.73 Å². The molecule has 0 aliphatic rings. The first-order valence-corrected chi connectivity index (χ1v) is 5.43. The Hall–Kier alpha value is -2.20. The fourth-order valence-electron chi connectivity index (χ4n) is 1.72. The molecule has 0 aliphatic carbocycles. The number of carboxylic acid groups (broad SMARTS) is 1. The van der Waals surface area contributed by atoms with Gasteiger partial charge < -0.3 is 10.8 Å². The van der Waals surface area contributed by atoms with Crippen LogP contribution in [0.2, 0.25) is 0 Å². The lowest BCUT2D eigenvalue weighted by molar-refractivity contribution is -0.138. The first kappa shape index (κ1) is 12.3. The maximum Gasteiger partial charge on any atom is 0.325 e. The Kier molecular flexibility index (Phi) is 3.39. The second-order valence-electron chi connectivity index (χ2n) is 3.92. The van der Waals surface area contributed by atoms with Crippen molar-refractivity contribution >= 4 is 5.97 Å². The Balaban J connectivity index is 2.40. The fourth-order valence-corrected chi connectivity index (χ4v) is 1.72. The first-order valence-electron chi connectivity index (χ1n) is 5.43. The van der Waals surface area contributed by atoms with Gasteiger partial charge >= 0.3 is 5.97 Å². The number of rotatable bonds is 3. The van der Waals surface area contributed by atoms with Crippen LogP contribution < -0.4 is 5.73 Å². The Bertz CT molecular complexity index is 569. The van der Waals surface area contributed by atoms with Crippen LogP contribution in [0, 0.1) is 5.82 Å². The van der Waals surface area contributed by atoms with Crippen molar-refractivity contribution in [3.63, 3.8) is 0 Å². The molecule has 3 nitrogen and oxygen atoms in total. The summed E-state index contributed by atoms with van der Waals surface area (Å²) < 4.78 is 13.9. The van der Waals surface area contributed by atoms with Crippen molar-refractivity contribution < 1.29 is 14.3 Å². The number of carboxylic acids is 1. The standard InChI is InChI=1S/C14H12FNO2/c15-12-8-10(13(16)14(17)18)6-7-11(12)9-4-2-1-3-5-9/h1-8,13H,16H2,(H,17,18). The van der Waals surface area contributed by atoms with Crippen molar-refractivity contribution in [2.75, 3.05) is 0 Å². The lowest BCUT2D eigenvalue weighted by Gasteiger charge is -2.09. The molecule has 2 aromatic carbocycles. The largest absolute Gasteiger partial charge is 0.480 e. The van der Waals surface area contributed by atoms with Gasteiger partial charge in [0.25, 0.3) is 0 Å². The molecular formula is C14H12FNO2. The Morgan fingerprint density at radius 3 is 2.39 bits per heavy atom. The van der Waals surface area contributed by atoms with E-state index in [0.717, 1.165) is 5.56 Å². The lowest BCUT2D eigenvalue weighted by Crippen LogP contribution is -2.20. The van der Waals surface area contributed by atoms with Crippen molar-refractivity contribution in [1.29, 1.82) is 0 Å². The molecule has 0 bridgehead atoms. The van der Waals surface area contributed by atoms with E-state index < -0.39 is 17.8 Å². The summed E-state index contributed by atoms with van der Waals surface area (Å²) in [7, 11) is 0. The zero-order valence-corrected chi connectivity index (χ0v) is 9.51. The molecular weight excluding hydrogens is 233 g/mol. The third kappa shape index (κ3) is 2.38. The maximum absolute atomic E-state index is 13.9. The number of nitrogens with two attached hydrogens (primary N) is 1. The average molecular weight is 245 g/mol. The van der Waals surface area contributed by atoms with Gasteiger partial charge in [-0.2, -0.15) is 0 Å². The Morgan fingerprint density at radius 1 is 1.17 bits per heavy atom. The summed E-state index contributed by atoms with van der Waals surface area (Å²) in [6, 6.07) is 12.1. The van der Waals surface area contributed by atoms with Gasteiger partial charge in [-0.05, 0) is 17.2 Å². The highest BCUT2D eigenvalue weighted by molar-refractivity contribution is 5.76. The van der Waals surface area contributed by atoms with Crippen LogP contribution in [0.3, 0.4) is 0 Å². The van der Waals surface area contributed by atoms with Crippen LogP contribution in [-0.2, 0) is 4.79 Å². The summed E-state index contributed by atoms with van der Waals surface area (Å²) in [5.41, 5.74) is 6.85. The highest BCUT2D eigenvalue weighted by atomic mass is 19.1. The molecule has 0 aromatic heterocycles. The molecule has 2 rings (SSSR count). The second-order valence-corrected chi connectivity index (χ2v) is 3.92. The van der Waals surface area contributed by atoms with Gasteiger partial charge in [0.05, 0.1) is 0 Å². The number of carbonyl (C=O) groups is 1. The molecule has 0 aliphatic heterocycles. The number of halogens is 1. The predicted octanol–water partition coefficient (Wildman–Crippen LogP) is 2.58. The third-order valence-electron chi connectivity index (χ3n) is 2.70. The van der Waals surface area contributed by atoms with Crippen molar-refractivity contribution in [3.05, 3.63) is 59.9 Å². The van der Waals surface area contributed by atoms with Crippen LogP contribution in [0.1, 0.15) is 11.6 Å². The van der Waals surface area contributed by atoms with Gasteiger partial charge in [0.2, 0.25) is 0 Å². The summed E-state index contributed by atoms with van der Waals surface area (Å²) >= 11 is 0. The molecule has 1 atom stereocenters. The topological polar surface area (TPSA) is 63.3 Å². The molecule has 18 heavy (non-hydrogen) atoms. The van der Waals surface area contributed by atoms with Crippen LogP contribution in [-0.4, -0.2) is 11.1 Å². The number of aliphatic carboxylic acids is 1. The quantitative estimate of drug-likeness (QED) is 0.873. The van der Waals surface area contributed by atoms with Gasteiger partial charge in [-0.3, -0.25) is 4.79 Å². The van der Waals surface area contributed by atoms with Gasteiger partial charge in [0.15, 0.2) is 0 Å². The van der Waals surface area contributed by atoms with Gasteiger partial charge in [0.1, 0.15) is 11.9 Å². The Morgan fingerprint density at radius 2 is 1.83 bits per heavy atom. The minimum absolute atomic E-state index is 0.250. The van der Waals surface area contributed by atoms with E-state index in [4.69, 9.17) is 10.8 Å². The fraction of sp³-hybridized carbons (Fsp3) is 0.0714. The molecule has 3 N–H and O–H groups in total. The predicted molar refractivity (Wildman–Crippen MR) is 66.4 cm³/mol. The highest BCUT2D eigenvalue weighted by Gasteiger charge is 2.16. The molecule has 0 saturated carbocycles. The molecule has 92 valence electrons. The van der Waals surface area contributed by atoms with E-state index in [1.165, 1.54) is 12.1 Å². The normalized spacial score (nSPS) is 12.1. The summed E-state index contributed by atoms with van der Waals surface area (Å²) in [5, 5.41) is 8.77. The van der Waals surface area contributed by atoms with E-state index in [9.17, 15) is 9.18 Å². The molecule has 4 heteroatoms. The van der Waals surface area contributed by atoms with E-state index in [0.29, 0.717) is 5.56 Å². The molecule has 0 saturated heterocycles. The minimum Gasteiger partial charge on any atom is -0.480 e. The minimum atomic E-state index is -1.20. The van der Waals surface area contributed by atoms with Crippen LogP contribution in [0.25, 0.3) is 11.1 Å². The van der Waals surface area contributed by atoms with Gasteiger partial charge in [-0.25, -0.2) is 4.39 Å². The van der Waals surface area contributed by atoms with Crippen LogP contribution >= 0.6 is 0 Å². The third-order valence-corrected chi connectivity index (χ3v) is 2.70. The van der Waals surface area contributed by atoms with E-state index >= 15 is 0 Å².